The van der Waals surface area contributed by atoms with E-state index < -0.39 is 6.04 Å². The van der Waals surface area contributed by atoms with Crippen molar-refractivity contribution in [2.45, 2.75) is 31.2 Å². The van der Waals surface area contributed by atoms with Crippen LogP contribution in [0.4, 0.5) is 4.39 Å². The molecule has 0 aliphatic heterocycles. The zero-order valence-corrected chi connectivity index (χ0v) is 11.8. The molecule has 1 aliphatic rings. The van der Waals surface area contributed by atoms with Gasteiger partial charge < -0.3 is 5.73 Å². The third kappa shape index (κ3) is 2.43. The third-order valence-electron chi connectivity index (χ3n) is 3.99. The lowest BCUT2D eigenvalue weighted by molar-refractivity contribution is 0.448. The average molecular weight is 291 g/mol. The Morgan fingerprint density at radius 1 is 1.35 bits per heavy atom. The SMILES string of the molecule is NC(c1cc(Cl)ccc1F)C1CCCc2cccnc21. The minimum atomic E-state index is -0.414. The largest absolute Gasteiger partial charge is 0.323 e. The molecule has 1 aromatic carbocycles. The van der Waals surface area contributed by atoms with E-state index in [2.05, 4.69) is 11.1 Å². The van der Waals surface area contributed by atoms with Gasteiger partial charge in [0.05, 0.1) is 0 Å². The van der Waals surface area contributed by atoms with E-state index in [9.17, 15) is 4.39 Å². The normalized spacial score (nSPS) is 19.4. The van der Waals surface area contributed by atoms with Gasteiger partial charge in [0.15, 0.2) is 0 Å². The van der Waals surface area contributed by atoms with E-state index in [-0.39, 0.29) is 11.7 Å². The quantitative estimate of drug-likeness (QED) is 0.908. The van der Waals surface area contributed by atoms with Crippen LogP contribution in [0, 0.1) is 5.82 Å². The summed E-state index contributed by atoms with van der Waals surface area (Å²) in [5, 5.41) is 0.508. The van der Waals surface area contributed by atoms with Crippen molar-refractivity contribution >= 4 is 11.6 Å². The van der Waals surface area contributed by atoms with Crippen molar-refractivity contribution in [3.8, 4) is 0 Å². The van der Waals surface area contributed by atoms with Gasteiger partial charge in [0.1, 0.15) is 5.82 Å². The third-order valence-corrected chi connectivity index (χ3v) is 4.22. The van der Waals surface area contributed by atoms with Crippen LogP contribution in [-0.4, -0.2) is 4.98 Å². The Morgan fingerprint density at radius 3 is 3.05 bits per heavy atom. The van der Waals surface area contributed by atoms with Gasteiger partial charge in [-0.1, -0.05) is 17.7 Å². The summed E-state index contributed by atoms with van der Waals surface area (Å²) in [6, 6.07) is 8.14. The molecule has 0 saturated heterocycles. The number of halogens is 2. The number of hydrogen-bond donors (Lipinski definition) is 1. The van der Waals surface area contributed by atoms with Gasteiger partial charge in [0.2, 0.25) is 0 Å². The minimum Gasteiger partial charge on any atom is -0.323 e. The van der Waals surface area contributed by atoms with Crippen LogP contribution in [0.25, 0.3) is 0 Å². The first-order valence-corrected chi connectivity index (χ1v) is 7.19. The maximum absolute atomic E-state index is 14.0. The fourth-order valence-corrected chi connectivity index (χ4v) is 3.16. The molecule has 1 aromatic heterocycles. The molecule has 104 valence electrons. The number of benzene rings is 1. The average Bonchev–Trinajstić information content (AvgIpc) is 2.48. The molecular formula is C16H16ClFN2. The second-order valence-corrected chi connectivity index (χ2v) is 5.67. The Morgan fingerprint density at radius 2 is 2.20 bits per heavy atom. The van der Waals surface area contributed by atoms with Crippen molar-refractivity contribution < 1.29 is 4.39 Å². The number of hydrogen-bond acceptors (Lipinski definition) is 2. The van der Waals surface area contributed by atoms with Crippen molar-refractivity contribution in [3.63, 3.8) is 0 Å². The molecule has 0 fully saturated rings. The van der Waals surface area contributed by atoms with Gasteiger partial charge in [-0.05, 0) is 49.1 Å². The summed E-state index contributed by atoms with van der Waals surface area (Å²) in [6.45, 7) is 0. The maximum Gasteiger partial charge on any atom is 0.128 e. The van der Waals surface area contributed by atoms with E-state index in [1.165, 1.54) is 11.6 Å². The molecule has 0 amide bonds. The maximum atomic E-state index is 14.0. The fraction of sp³-hybridized carbons (Fsp3) is 0.312. The van der Waals surface area contributed by atoms with Crippen LogP contribution in [0.1, 0.15) is 41.6 Å². The van der Waals surface area contributed by atoms with Gasteiger partial charge in [-0.25, -0.2) is 4.39 Å². The molecule has 4 heteroatoms. The lowest BCUT2D eigenvalue weighted by Crippen LogP contribution is -2.25. The van der Waals surface area contributed by atoms with Crippen molar-refractivity contribution in [1.29, 1.82) is 0 Å². The number of fused-ring (bicyclic) bond motifs is 1. The Bertz CT molecular complexity index is 630. The summed E-state index contributed by atoms with van der Waals surface area (Å²) >= 11 is 5.96. The molecule has 0 radical (unpaired) electrons. The number of aromatic nitrogens is 1. The summed E-state index contributed by atoms with van der Waals surface area (Å²) in [7, 11) is 0. The van der Waals surface area contributed by atoms with Gasteiger partial charge in [0, 0.05) is 34.4 Å². The highest BCUT2D eigenvalue weighted by molar-refractivity contribution is 6.30. The minimum absolute atomic E-state index is 0.0490. The van der Waals surface area contributed by atoms with Crippen LogP contribution in [0.3, 0.4) is 0 Å². The Hall–Kier alpha value is -1.45. The van der Waals surface area contributed by atoms with Crippen molar-refractivity contribution in [1.82, 2.24) is 4.98 Å². The molecule has 2 aromatic rings. The van der Waals surface area contributed by atoms with Gasteiger partial charge >= 0.3 is 0 Å². The second kappa shape index (κ2) is 5.51. The number of aryl methyl sites for hydroxylation is 1. The number of nitrogens with two attached hydrogens (primary N) is 1. The molecule has 0 bridgehead atoms. The topological polar surface area (TPSA) is 38.9 Å². The molecule has 1 heterocycles. The van der Waals surface area contributed by atoms with E-state index in [0.717, 1.165) is 25.0 Å². The lowest BCUT2D eigenvalue weighted by Gasteiger charge is -2.29. The highest BCUT2D eigenvalue weighted by Gasteiger charge is 2.29. The number of rotatable bonds is 2. The van der Waals surface area contributed by atoms with Gasteiger partial charge in [-0.2, -0.15) is 0 Å². The van der Waals surface area contributed by atoms with Crippen LogP contribution in [0.5, 0.6) is 0 Å². The van der Waals surface area contributed by atoms with Crippen LogP contribution in [-0.2, 0) is 6.42 Å². The molecule has 0 spiro atoms. The molecule has 2 unspecified atom stereocenters. The summed E-state index contributed by atoms with van der Waals surface area (Å²) in [4.78, 5) is 4.46. The Labute approximate surface area is 122 Å². The monoisotopic (exact) mass is 290 g/mol. The molecule has 0 saturated carbocycles. The summed E-state index contributed by atoms with van der Waals surface area (Å²) < 4.78 is 14.0. The summed E-state index contributed by atoms with van der Waals surface area (Å²) in [5.74, 6) is -0.252. The molecule has 1 aliphatic carbocycles. The van der Waals surface area contributed by atoms with E-state index in [1.54, 1.807) is 18.3 Å². The standard InChI is InChI=1S/C16H16ClFN2/c17-11-6-7-14(18)13(9-11)15(19)12-5-1-3-10-4-2-8-20-16(10)12/h2,4,6-9,12,15H,1,3,5,19H2. The van der Waals surface area contributed by atoms with E-state index >= 15 is 0 Å². The number of pyridine rings is 1. The van der Waals surface area contributed by atoms with Gasteiger partial charge in [0.25, 0.3) is 0 Å². The molecular weight excluding hydrogens is 275 g/mol. The van der Waals surface area contributed by atoms with Gasteiger partial charge in [-0.15, -0.1) is 0 Å². The zero-order chi connectivity index (χ0) is 14.1. The molecule has 2 N–H and O–H groups in total. The van der Waals surface area contributed by atoms with Crippen molar-refractivity contribution in [2.24, 2.45) is 5.73 Å². The van der Waals surface area contributed by atoms with Gasteiger partial charge in [-0.3, -0.25) is 4.98 Å². The fourth-order valence-electron chi connectivity index (χ4n) is 2.98. The van der Waals surface area contributed by atoms with Crippen LogP contribution >= 0.6 is 11.6 Å². The van der Waals surface area contributed by atoms with Crippen LogP contribution < -0.4 is 5.73 Å². The first-order chi connectivity index (χ1) is 9.66. The molecule has 20 heavy (non-hydrogen) atoms. The summed E-state index contributed by atoms with van der Waals surface area (Å²) in [6.07, 6.45) is 4.78. The number of nitrogens with zero attached hydrogens (tertiary/aromatic N) is 1. The van der Waals surface area contributed by atoms with Crippen LogP contribution in [0.2, 0.25) is 5.02 Å². The van der Waals surface area contributed by atoms with E-state index in [4.69, 9.17) is 17.3 Å². The summed E-state index contributed by atoms with van der Waals surface area (Å²) in [5.41, 5.74) is 9.02. The first-order valence-electron chi connectivity index (χ1n) is 6.81. The predicted molar refractivity (Wildman–Crippen MR) is 78.3 cm³/mol. The van der Waals surface area contributed by atoms with Crippen LogP contribution in [0.15, 0.2) is 36.5 Å². The molecule has 3 rings (SSSR count). The molecule has 2 atom stereocenters. The Balaban J connectivity index is 1.99. The predicted octanol–water partition coefficient (Wildman–Crippen LogP) is 3.99. The Kier molecular flexibility index (Phi) is 3.72. The van der Waals surface area contributed by atoms with Crippen molar-refractivity contribution in [3.05, 3.63) is 64.2 Å². The van der Waals surface area contributed by atoms with Crippen molar-refractivity contribution in [2.75, 3.05) is 0 Å². The zero-order valence-electron chi connectivity index (χ0n) is 11.0. The highest BCUT2D eigenvalue weighted by atomic mass is 35.5. The lowest BCUT2D eigenvalue weighted by atomic mass is 9.80. The van der Waals surface area contributed by atoms with E-state index in [1.807, 2.05) is 6.07 Å². The molecule has 2 nitrogen and oxygen atoms in total. The smallest absolute Gasteiger partial charge is 0.128 e. The second-order valence-electron chi connectivity index (χ2n) is 5.24. The van der Waals surface area contributed by atoms with E-state index in [0.29, 0.717) is 10.6 Å². The first kappa shape index (κ1) is 13.5. The highest BCUT2D eigenvalue weighted by Crippen LogP contribution is 2.38.